The molecule has 2 aromatic heterocycles. The van der Waals surface area contributed by atoms with Crippen LogP contribution in [0.3, 0.4) is 0 Å². The number of carbonyl (C=O) groups is 2. The molecule has 0 amide bonds. The zero-order chi connectivity index (χ0) is 20.3. The Kier molecular flexibility index (Phi) is 4.41. The number of allylic oxidation sites excluding steroid dienone is 1. The summed E-state index contributed by atoms with van der Waals surface area (Å²) >= 11 is 12.0. The van der Waals surface area contributed by atoms with Crippen LogP contribution in [0.2, 0.25) is 10.0 Å². The molecule has 2 aliphatic rings. The van der Waals surface area contributed by atoms with Gasteiger partial charge in [0.15, 0.2) is 11.6 Å². The first-order valence-electron chi connectivity index (χ1n) is 9.70. The zero-order valence-corrected chi connectivity index (χ0v) is 17.3. The third kappa shape index (κ3) is 2.95. The molecular weight excluding hydrogens is 411 g/mol. The number of hydrogen-bond donors (Lipinski definition) is 0. The number of nitrogens with zero attached hydrogens (tertiary/aromatic N) is 2. The van der Waals surface area contributed by atoms with Gasteiger partial charge in [0.25, 0.3) is 0 Å². The second kappa shape index (κ2) is 6.85. The molecule has 5 nitrogen and oxygen atoms in total. The Morgan fingerprint density at radius 2 is 1.66 bits per heavy atom. The maximum Gasteiger partial charge on any atom is 0.245 e. The fourth-order valence-corrected chi connectivity index (χ4v) is 4.73. The highest BCUT2D eigenvalue weighted by Crippen LogP contribution is 2.36. The van der Waals surface area contributed by atoms with Crippen LogP contribution < -0.4 is 0 Å². The zero-order valence-electron chi connectivity index (χ0n) is 15.8. The van der Waals surface area contributed by atoms with E-state index >= 15 is 0 Å². The fourth-order valence-electron chi connectivity index (χ4n) is 4.40. The number of Topliss-reactive ketones (excluding diaryl/α,β-unsaturated/α-hetero) is 2. The standard InChI is InChI=1S/C22H18Cl2N2O3/c1-26-18-8-12(29-22(18)25-21(26)11-5-3-2-4-6-11)7-15-19(27)13-9-16(23)17(24)10-14(13)20(15)28/h7-11H,2-6H2,1H3. The van der Waals surface area contributed by atoms with E-state index in [-0.39, 0.29) is 38.3 Å². The second-order valence-electron chi connectivity index (χ2n) is 7.73. The van der Waals surface area contributed by atoms with E-state index in [4.69, 9.17) is 32.6 Å². The molecule has 0 N–H and O–H groups in total. The maximum atomic E-state index is 12.7. The Labute approximate surface area is 177 Å². The fraction of sp³-hybridized carbons (Fsp3) is 0.318. The third-order valence-electron chi connectivity index (χ3n) is 5.93. The van der Waals surface area contributed by atoms with Crippen molar-refractivity contribution < 1.29 is 14.0 Å². The van der Waals surface area contributed by atoms with Gasteiger partial charge in [-0.05, 0) is 31.1 Å². The molecule has 0 atom stereocenters. The largest absolute Gasteiger partial charge is 0.437 e. The Bertz CT molecular complexity index is 1170. The number of carbonyl (C=O) groups excluding carboxylic acids is 2. The number of imidazole rings is 1. The number of halogens is 2. The van der Waals surface area contributed by atoms with Crippen molar-refractivity contribution in [1.82, 2.24) is 9.55 Å². The lowest BCUT2D eigenvalue weighted by molar-refractivity contribution is 0.0990. The number of fused-ring (bicyclic) bond motifs is 2. The Morgan fingerprint density at radius 3 is 2.24 bits per heavy atom. The number of aryl methyl sites for hydroxylation is 1. The molecule has 7 heteroatoms. The van der Waals surface area contributed by atoms with Gasteiger partial charge in [-0.1, -0.05) is 42.5 Å². The number of furan rings is 1. The van der Waals surface area contributed by atoms with Crippen molar-refractivity contribution in [3.63, 3.8) is 0 Å². The highest BCUT2D eigenvalue weighted by atomic mass is 35.5. The molecule has 1 fully saturated rings. The van der Waals surface area contributed by atoms with Gasteiger partial charge in [-0.2, -0.15) is 4.98 Å². The Hall–Kier alpha value is -2.37. The van der Waals surface area contributed by atoms with E-state index < -0.39 is 0 Å². The highest BCUT2D eigenvalue weighted by Gasteiger charge is 2.34. The molecule has 148 valence electrons. The van der Waals surface area contributed by atoms with Crippen LogP contribution in [-0.2, 0) is 7.05 Å². The molecule has 5 rings (SSSR count). The molecule has 1 saturated carbocycles. The third-order valence-corrected chi connectivity index (χ3v) is 6.65. The normalized spacial score (nSPS) is 17.4. The number of aromatic nitrogens is 2. The van der Waals surface area contributed by atoms with Gasteiger partial charge >= 0.3 is 0 Å². The van der Waals surface area contributed by atoms with Gasteiger partial charge in [0.2, 0.25) is 5.71 Å². The average molecular weight is 429 g/mol. The van der Waals surface area contributed by atoms with Crippen molar-refractivity contribution in [2.24, 2.45) is 7.05 Å². The Balaban J connectivity index is 1.51. The van der Waals surface area contributed by atoms with Crippen molar-refractivity contribution >= 4 is 52.1 Å². The monoisotopic (exact) mass is 428 g/mol. The summed E-state index contributed by atoms with van der Waals surface area (Å²) < 4.78 is 7.92. The SMILES string of the molecule is Cn1c(C2CCCCC2)nc2oc(C=C3C(=O)c4cc(Cl)c(Cl)cc4C3=O)cc21. The summed E-state index contributed by atoms with van der Waals surface area (Å²) in [5, 5.41) is 0.493. The molecule has 0 radical (unpaired) electrons. The van der Waals surface area contributed by atoms with E-state index in [0.29, 0.717) is 17.4 Å². The van der Waals surface area contributed by atoms with E-state index in [9.17, 15) is 9.59 Å². The number of benzene rings is 1. The summed E-state index contributed by atoms with van der Waals surface area (Å²) in [6, 6.07) is 4.71. The van der Waals surface area contributed by atoms with Crippen molar-refractivity contribution in [2.45, 2.75) is 38.0 Å². The molecule has 0 spiro atoms. The van der Waals surface area contributed by atoms with Gasteiger partial charge in [-0.15, -0.1) is 0 Å². The van der Waals surface area contributed by atoms with Gasteiger partial charge in [0.1, 0.15) is 17.1 Å². The van der Waals surface area contributed by atoms with Crippen molar-refractivity contribution in [3.05, 3.63) is 56.5 Å². The first-order valence-corrected chi connectivity index (χ1v) is 10.5. The van der Waals surface area contributed by atoms with Crippen LogP contribution in [0.5, 0.6) is 0 Å². The molecule has 2 heterocycles. The molecular formula is C22H18Cl2N2O3. The van der Waals surface area contributed by atoms with E-state index in [1.54, 1.807) is 0 Å². The first kappa shape index (κ1) is 18.6. The van der Waals surface area contributed by atoms with Crippen molar-refractivity contribution in [3.8, 4) is 0 Å². The van der Waals surface area contributed by atoms with Gasteiger partial charge in [0, 0.05) is 30.2 Å². The van der Waals surface area contributed by atoms with Crippen LogP contribution in [0.4, 0.5) is 0 Å². The summed E-state index contributed by atoms with van der Waals surface area (Å²) in [6.45, 7) is 0. The summed E-state index contributed by atoms with van der Waals surface area (Å²) in [7, 11) is 1.98. The summed E-state index contributed by atoms with van der Waals surface area (Å²) in [5.41, 5.74) is 1.97. The van der Waals surface area contributed by atoms with Crippen molar-refractivity contribution in [2.75, 3.05) is 0 Å². The van der Waals surface area contributed by atoms with E-state index in [1.165, 1.54) is 37.5 Å². The highest BCUT2D eigenvalue weighted by molar-refractivity contribution is 6.46. The molecule has 0 saturated heterocycles. The molecule has 0 bridgehead atoms. The van der Waals surface area contributed by atoms with Gasteiger partial charge < -0.3 is 8.98 Å². The molecule has 1 aromatic carbocycles. The lowest BCUT2D eigenvalue weighted by Gasteiger charge is -2.20. The average Bonchev–Trinajstić information content (AvgIpc) is 3.32. The minimum atomic E-state index is -0.375. The Morgan fingerprint density at radius 1 is 1.03 bits per heavy atom. The lowest BCUT2D eigenvalue weighted by atomic mass is 9.89. The van der Waals surface area contributed by atoms with Gasteiger partial charge in [-0.25, -0.2) is 0 Å². The summed E-state index contributed by atoms with van der Waals surface area (Å²) in [5.74, 6) is 1.18. The number of ketones is 2. The van der Waals surface area contributed by atoms with Gasteiger partial charge in [-0.3, -0.25) is 9.59 Å². The van der Waals surface area contributed by atoms with E-state index in [0.717, 1.165) is 24.2 Å². The summed E-state index contributed by atoms with van der Waals surface area (Å²) in [4.78, 5) is 30.1. The van der Waals surface area contributed by atoms with Crippen LogP contribution in [0.1, 0.15) is 70.3 Å². The first-order chi connectivity index (χ1) is 13.9. The summed E-state index contributed by atoms with van der Waals surface area (Å²) in [6.07, 6.45) is 7.53. The predicted molar refractivity (Wildman–Crippen MR) is 112 cm³/mol. The smallest absolute Gasteiger partial charge is 0.245 e. The predicted octanol–water partition coefficient (Wildman–Crippen LogP) is 5.98. The van der Waals surface area contributed by atoms with Gasteiger partial charge in [0.05, 0.1) is 15.6 Å². The van der Waals surface area contributed by atoms with Crippen LogP contribution >= 0.6 is 23.2 Å². The van der Waals surface area contributed by atoms with Crippen LogP contribution in [-0.4, -0.2) is 21.1 Å². The van der Waals surface area contributed by atoms with E-state index in [2.05, 4.69) is 4.57 Å². The maximum absolute atomic E-state index is 12.7. The molecule has 2 aliphatic carbocycles. The molecule has 0 aliphatic heterocycles. The molecule has 0 unspecified atom stereocenters. The van der Waals surface area contributed by atoms with Crippen LogP contribution in [0.25, 0.3) is 17.3 Å². The number of hydrogen-bond acceptors (Lipinski definition) is 4. The minimum Gasteiger partial charge on any atom is -0.437 e. The van der Waals surface area contributed by atoms with Crippen LogP contribution in [0.15, 0.2) is 28.2 Å². The van der Waals surface area contributed by atoms with Crippen LogP contribution in [0, 0.1) is 0 Å². The quantitative estimate of drug-likeness (QED) is 0.371. The molecule has 29 heavy (non-hydrogen) atoms. The lowest BCUT2D eigenvalue weighted by Crippen LogP contribution is -2.10. The topological polar surface area (TPSA) is 65.1 Å². The van der Waals surface area contributed by atoms with E-state index in [1.807, 2.05) is 13.1 Å². The number of rotatable bonds is 2. The van der Waals surface area contributed by atoms with Crippen molar-refractivity contribution in [1.29, 1.82) is 0 Å². The second-order valence-corrected chi connectivity index (χ2v) is 8.55. The molecule has 3 aromatic rings. The minimum absolute atomic E-state index is 0.0462.